The number of aromatic nitrogens is 4. The number of carboxylic acid groups (broad SMARTS) is 1. The Kier molecular flexibility index (Phi) is 13.2. The van der Waals surface area contributed by atoms with Crippen molar-refractivity contribution in [2.24, 2.45) is 0 Å². The lowest BCUT2D eigenvalue weighted by Gasteiger charge is -2.07. The number of para-hydroxylation sites is 3. The molecule has 12 nitrogen and oxygen atoms in total. The van der Waals surface area contributed by atoms with Gasteiger partial charge in [-0.2, -0.15) is 0 Å². The van der Waals surface area contributed by atoms with Gasteiger partial charge in [-0.1, -0.05) is 70.7 Å². The Morgan fingerprint density at radius 2 is 1.40 bits per heavy atom. The van der Waals surface area contributed by atoms with Crippen molar-refractivity contribution in [3.8, 4) is 0 Å². The summed E-state index contributed by atoms with van der Waals surface area (Å²) in [5.74, 6) is -0.727. The zero-order chi connectivity index (χ0) is 33.3. The van der Waals surface area contributed by atoms with Gasteiger partial charge in [-0.3, -0.25) is 10.1 Å². The van der Waals surface area contributed by atoms with Crippen LogP contribution in [0.15, 0.2) is 116 Å². The Labute approximate surface area is 279 Å². The minimum Gasteiger partial charge on any atom is -0.481 e. The van der Waals surface area contributed by atoms with E-state index in [1.165, 1.54) is 23.3 Å². The molecule has 0 atom stereocenters. The third kappa shape index (κ3) is 12.3. The zero-order valence-corrected chi connectivity index (χ0v) is 26.5. The number of halogens is 1. The molecule has 0 radical (unpaired) electrons. The number of hydrogen-bond donors (Lipinski definition) is 6. The smallest absolute Gasteiger partial charge is 0.324 e. The van der Waals surface area contributed by atoms with Crippen molar-refractivity contribution < 1.29 is 19.5 Å². The zero-order valence-electron chi connectivity index (χ0n) is 24.9. The van der Waals surface area contributed by atoms with E-state index in [2.05, 4.69) is 46.9 Å². The van der Waals surface area contributed by atoms with Gasteiger partial charge in [0.15, 0.2) is 0 Å². The van der Waals surface area contributed by atoms with E-state index in [1.54, 1.807) is 24.3 Å². The van der Waals surface area contributed by atoms with Gasteiger partial charge < -0.3 is 26.0 Å². The number of benzene rings is 3. The first-order valence-electron chi connectivity index (χ1n) is 14.3. The molecule has 0 aliphatic heterocycles. The highest BCUT2D eigenvalue weighted by Crippen LogP contribution is 2.19. The first kappa shape index (κ1) is 34.1. The molecule has 6 N–H and O–H groups in total. The summed E-state index contributed by atoms with van der Waals surface area (Å²) >= 11 is 6.83. The first-order valence-corrected chi connectivity index (χ1v) is 15.4. The van der Waals surface area contributed by atoms with Gasteiger partial charge in [0.2, 0.25) is 0 Å². The number of nitrogens with one attached hydrogen (secondary N) is 5. The van der Waals surface area contributed by atoms with E-state index in [9.17, 15) is 14.4 Å². The molecule has 6 aromatic rings. The van der Waals surface area contributed by atoms with Crippen LogP contribution in [0.1, 0.15) is 18.4 Å². The highest BCUT2D eigenvalue weighted by Gasteiger charge is 2.05. The number of carboxylic acids is 1. The van der Waals surface area contributed by atoms with Gasteiger partial charge >= 0.3 is 18.0 Å². The molecule has 0 unspecified atom stereocenters. The van der Waals surface area contributed by atoms with E-state index >= 15 is 0 Å². The molecule has 6 rings (SSSR count). The van der Waals surface area contributed by atoms with Crippen molar-refractivity contribution in [2.45, 2.75) is 19.3 Å². The molecule has 240 valence electrons. The Morgan fingerprint density at radius 1 is 0.787 bits per heavy atom. The summed E-state index contributed by atoms with van der Waals surface area (Å²) in [6.45, 7) is 0. The number of amides is 4. The number of aryl methyl sites for hydroxylation is 1. The number of pyridine rings is 1. The van der Waals surface area contributed by atoms with E-state index < -0.39 is 5.97 Å². The monoisotopic (exact) mass is 670 g/mol. The largest absolute Gasteiger partial charge is 0.481 e. The molecular weight excluding hydrogens is 640 g/mol. The van der Waals surface area contributed by atoms with Gasteiger partial charge in [-0.25, -0.2) is 14.6 Å². The number of urea groups is 2. The molecule has 0 fully saturated rings. The summed E-state index contributed by atoms with van der Waals surface area (Å²) < 4.78 is 3.63. The van der Waals surface area contributed by atoms with Crippen molar-refractivity contribution >= 4 is 74.1 Å². The molecule has 3 aromatic heterocycles. The van der Waals surface area contributed by atoms with Crippen LogP contribution in [0.2, 0.25) is 5.15 Å². The SMILES string of the molecule is O=C(Nc1ccccc1)Nc1ccnc(Cl)c1.O=C(Nc1ccccc1)Nc1cnns1.O=C(O)CCCc1c[nH]c2ccccc12. The number of rotatable bonds is 8. The van der Waals surface area contributed by atoms with Crippen LogP contribution in [0.25, 0.3) is 10.9 Å². The number of H-pyrrole nitrogens is 1. The number of anilines is 4. The maximum absolute atomic E-state index is 11.6. The number of hydrogen-bond acceptors (Lipinski definition) is 7. The Balaban J connectivity index is 0.000000160. The van der Waals surface area contributed by atoms with Crippen molar-refractivity contribution in [3.63, 3.8) is 0 Å². The lowest BCUT2D eigenvalue weighted by Crippen LogP contribution is -2.19. The second kappa shape index (κ2) is 18.2. The van der Waals surface area contributed by atoms with E-state index in [4.69, 9.17) is 16.7 Å². The van der Waals surface area contributed by atoms with Crippen molar-refractivity contribution in [1.29, 1.82) is 0 Å². The number of aliphatic carboxylic acids is 1. The second-order valence-corrected chi connectivity index (χ2v) is 10.8. The van der Waals surface area contributed by atoms with Crippen LogP contribution in [0.5, 0.6) is 0 Å². The number of aromatic amines is 1. The average molecular weight is 671 g/mol. The third-order valence-corrected chi connectivity index (χ3v) is 6.94. The molecule has 0 saturated carbocycles. The topological polar surface area (TPSA) is 174 Å². The quantitative estimate of drug-likeness (QED) is 0.0886. The first-order chi connectivity index (χ1) is 22.9. The van der Waals surface area contributed by atoms with Crippen LogP contribution in [0.4, 0.5) is 31.7 Å². The van der Waals surface area contributed by atoms with E-state index in [1.807, 2.05) is 72.9 Å². The normalized spacial score (nSPS) is 9.98. The van der Waals surface area contributed by atoms with Crippen molar-refractivity contribution in [1.82, 2.24) is 19.6 Å². The molecule has 3 aromatic carbocycles. The summed E-state index contributed by atoms with van der Waals surface area (Å²) in [4.78, 5) is 40.4. The van der Waals surface area contributed by atoms with Crippen LogP contribution in [0, 0.1) is 0 Å². The fraction of sp³-hybridized carbons (Fsp3) is 0.0909. The average Bonchev–Trinajstić information content (AvgIpc) is 3.73. The number of carbonyl (C=O) groups is 3. The summed E-state index contributed by atoms with van der Waals surface area (Å²) in [5.41, 5.74) is 4.38. The van der Waals surface area contributed by atoms with Gasteiger partial charge in [0, 0.05) is 58.3 Å². The van der Waals surface area contributed by atoms with Crippen molar-refractivity contribution in [2.75, 3.05) is 21.3 Å². The molecule has 0 saturated heterocycles. The summed E-state index contributed by atoms with van der Waals surface area (Å²) in [6.07, 6.45) is 6.73. The number of fused-ring (bicyclic) bond motifs is 1. The Hall–Kier alpha value is -5.79. The van der Waals surface area contributed by atoms with Gasteiger partial charge in [0.25, 0.3) is 0 Å². The van der Waals surface area contributed by atoms with Crippen LogP contribution < -0.4 is 21.3 Å². The van der Waals surface area contributed by atoms with Gasteiger partial charge in [0.1, 0.15) is 10.2 Å². The van der Waals surface area contributed by atoms with Gasteiger partial charge in [-0.05, 0) is 60.9 Å². The fourth-order valence-corrected chi connectivity index (χ4v) is 4.67. The van der Waals surface area contributed by atoms with E-state index in [0.717, 1.165) is 34.8 Å². The summed E-state index contributed by atoms with van der Waals surface area (Å²) in [5, 5.41) is 25.0. The van der Waals surface area contributed by atoms with E-state index in [-0.39, 0.29) is 18.5 Å². The highest BCUT2D eigenvalue weighted by molar-refractivity contribution is 7.10. The highest BCUT2D eigenvalue weighted by atomic mass is 35.5. The molecule has 0 spiro atoms. The minimum atomic E-state index is -0.727. The fourth-order valence-electron chi connectivity index (χ4n) is 4.08. The Bertz CT molecular complexity index is 1860. The molecule has 4 amide bonds. The van der Waals surface area contributed by atoms with E-state index in [0.29, 0.717) is 22.3 Å². The van der Waals surface area contributed by atoms with Gasteiger partial charge in [0.05, 0.1) is 6.20 Å². The summed E-state index contributed by atoms with van der Waals surface area (Å²) in [7, 11) is 0. The summed E-state index contributed by atoms with van der Waals surface area (Å²) in [6, 6.07) is 29.1. The van der Waals surface area contributed by atoms with Crippen LogP contribution >= 0.6 is 23.1 Å². The van der Waals surface area contributed by atoms with Crippen molar-refractivity contribution in [3.05, 3.63) is 126 Å². The van der Waals surface area contributed by atoms with Crippen LogP contribution in [-0.4, -0.2) is 42.7 Å². The van der Waals surface area contributed by atoms with Gasteiger partial charge in [-0.15, -0.1) is 5.10 Å². The maximum atomic E-state index is 11.6. The number of nitrogens with zero attached hydrogens (tertiary/aromatic N) is 3. The molecule has 14 heteroatoms. The Morgan fingerprint density at radius 3 is 2.02 bits per heavy atom. The lowest BCUT2D eigenvalue weighted by molar-refractivity contribution is -0.137. The standard InChI is InChI=1S/C12H10ClN3O.C12H13NO2.C9H8N4OS/c13-11-8-10(6-7-14-11)16-12(17)15-9-4-2-1-3-5-9;14-12(15)7-3-4-9-8-13-11-6-2-1-5-10(9)11;14-9(12-8-6-10-13-15-8)11-7-4-2-1-3-5-7/h1-8H,(H2,14,15,16,17);1-2,5-6,8,13H,3-4,7H2,(H,14,15);1-6H,(H2,11,12,14). The maximum Gasteiger partial charge on any atom is 0.324 e. The molecule has 3 heterocycles. The van der Waals surface area contributed by atoms with Crippen LogP contribution in [-0.2, 0) is 11.2 Å². The molecule has 47 heavy (non-hydrogen) atoms. The minimum absolute atomic E-state index is 0.236. The predicted molar refractivity (Wildman–Crippen MR) is 186 cm³/mol. The second-order valence-electron chi connectivity index (χ2n) is 9.65. The third-order valence-electron chi connectivity index (χ3n) is 6.16. The molecular formula is C33H31ClN8O4S. The molecule has 0 aliphatic rings. The lowest BCUT2D eigenvalue weighted by atomic mass is 10.1. The van der Waals surface area contributed by atoms with Crippen LogP contribution in [0.3, 0.4) is 0 Å². The number of carbonyl (C=O) groups excluding carboxylic acids is 2. The molecule has 0 aliphatic carbocycles. The molecule has 0 bridgehead atoms. The predicted octanol–water partition coefficient (Wildman–Crippen LogP) is 8.14.